The minimum Gasteiger partial charge on any atom is -0.258 e. The molecule has 9 heteroatoms. The van der Waals surface area contributed by atoms with Crippen molar-refractivity contribution in [1.29, 1.82) is 0 Å². The first-order valence-electron chi connectivity index (χ1n) is 5.79. The molecule has 0 amide bonds. The number of aromatic nitrogens is 2. The van der Waals surface area contributed by atoms with Gasteiger partial charge in [0.25, 0.3) is 11.8 Å². The maximum absolute atomic E-state index is 11.9. The molecule has 2 rings (SSSR count). The molecular formula is C12H9F2N3O2S2. The lowest BCUT2D eigenvalue weighted by atomic mass is 10.2. The number of nitro benzene ring substituents is 1. The first kappa shape index (κ1) is 15.5. The molecule has 0 N–H and O–H groups in total. The number of rotatable bonds is 6. The third-order valence-electron chi connectivity index (χ3n) is 2.39. The number of halogens is 2. The Morgan fingerprint density at radius 1 is 1.43 bits per heavy atom. The Bertz CT molecular complexity index is 672. The van der Waals surface area contributed by atoms with E-state index in [1.807, 2.05) is 0 Å². The quantitative estimate of drug-likeness (QED) is 0.340. The number of hydrogen-bond acceptors (Lipinski definition) is 6. The van der Waals surface area contributed by atoms with E-state index in [1.165, 1.54) is 17.8 Å². The molecule has 0 spiro atoms. The zero-order valence-electron chi connectivity index (χ0n) is 10.5. The molecule has 0 fully saturated rings. The van der Waals surface area contributed by atoms with Crippen LogP contribution < -0.4 is 0 Å². The molecule has 0 atom stereocenters. The fraction of sp³-hybridized carbons (Fsp3) is 0.167. The largest absolute Gasteiger partial charge is 0.280 e. The van der Waals surface area contributed by atoms with Gasteiger partial charge >= 0.3 is 0 Å². The van der Waals surface area contributed by atoms with E-state index >= 15 is 0 Å². The molecule has 1 aromatic heterocycles. The predicted octanol–water partition coefficient (Wildman–Crippen LogP) is 4.38. The normalized spacial score (nSPS) is 10.4. The van der Waals surface area contributed by atoms with Gasteiger partial charge in [0.15, 0.2) is 10.2 Å². The Morgan fingerprint density at radius 2 is 2.19 bits per heavy atom. The topological polar surface area (TPSA) is 68.9 Å². The van der Waals surface area contributed by atoms with Gasteiger partial charge in [-0.25, -0.2) is 4.98 Å². The van der Waals surface area contributed by atoms with E-state index in [-0.39, 0.29) is 17.9 Å². The summed E-state index contributed by atoms with van der Waals surface area (Å²) in [5.74, 6) is 0.727. The van der Waals surface area contributed by atoms with Crippen LogP contribution in [0.5, 0.6) is 0 Å². The molecule has 0 aliphatic rings. The fourth-order valence-corrected chi connectivity index (χ4v) is 3.08. The van der Waals surface area contributed by atoms with Crippen LogP contribution in [0.15, 0.2) is 40.8 Å². The van der Waals surface area contributed by atoms with Crippen LogP contribution >= 0.6 is 23.3 Å². The van der Waals surface area contributed by atoms with Crippen LogP contribution in [-0.4, -0.2) is 20.0 Å². The highest BCUT2D eigenvalue weighted by atomic mass is 32.2. The summed E-state index contributed by atoms with van der Waals surface area (Å²) >= 11 is 2.38. The first-order chi connectivity index (χ1) is 10.1. The van der Waals surface area contributed by atoms with Crippen LogP contribution in [0.3, 0.4) is 0 Å². The fourth-order valence-electron chi connectivity index (χ4n) is 1.51. The van der Waals surface area contributed by atoms with Crippen molar-refractivity contribution in [3.63, 3.8) is 0 Å². The van der Waals surface area contributed by atoms with Crippen molar-refractivity contribution in [1.82, 2.24) is 9.36 Å². The molecule has 0 aliphatic carbocycles. The molecule has 0 saturated carbocycles. The van der Waals surface area contributed by atoms with Crippen molar-refractivity contribution in [2.75, 3.05) is 5.75 Å². The summed E-state index contributed by atoms with van der Waals surface area (Å²) in [4.78, 5) is 14.7. The minimum absolute atomic E-state index is 0.0608. The average Bonchev–Trinajstić information content (AvgIpc) is 2.92. The third kappa shape index (κ3) is 4.30. The smallest absolute Gasteiger partial charge is 0.258 e. The van der Waals surface area contributed by atoms with Crippen LogP contribution in [-0.2, 0) is 0 Å². The van der Waals surface area contributed by atoms with Gasteiger partial charge in [0.1, 0.15) is 0 Å². The minimum atomic E-state index is -1.70. The summed E-state index contributed by atoms with van der Waals surface area (Å²) in [6.07, 6.45) is -0.627. The molecule has 0 bridgehead atoms. The van der Waals surface area contributed by atoms with Gasteiger partial charge in [0.05, 0.1) is 10.5 Å². The lowest BCUT2D eigenvalue weighted by Gasteiger charge is -1.97. The second kappa shape index (κ2) is 7.23. The SMILES string of the molecule is O=[N+]([O-])c1ccccc1-c1nsc(SCCC=C(F)F)n1. The zero-order chi connectivity index (χ0) is 15.2. The Morgan fingerprint density at radius 3 is 2.90 bits per heavy atom. The number of nitro groups is 1. The van der Waals surface area contributed by atoms with Gasteiger partial charge < -0.3 is 0 Å². The van der Waals surface area contributed by atoms with Gasteiger partial charge in [-0.2, -0.15) is 13.2 Å². The highest BCUT2D eigenvalue weighted by Gasteiger charge is 2.18. The summed E-state index contributed by atoms with van der Waals surface area (Å²) in [5, 5.41) is 10.9. The molecule has 0 unspecified atom stereocenters. The number of nitrogens with zero attached hydrogens (tertiary/aromatic N) is 3. The van der Waals surface area contributed by atoms with Crippen molar-refractivity contribution in [3.8, 4) is 11.4 Å². The number of para-hydroxylation sites is 1. The number of hydrogen-bond donors (Lipinski definition) is 0. The molecule has 0 saturated heterocycles. The van der Waals surface area contributed by atoms with E-state index in [0.717, 1.165) is 17.6 Å². The van der Waals surface area contributed by atoms with Crippen molar-refractivity contribution in [2.45, 2.75) is 10.8 Å². The van der Waals surface area contributed by atoms with E-state index in [1.54, 1.807) is 18.2 Å². The molecule has 5 nitrogen and oxygen atoms in total. The molecule has 21 heavy (non-hydrogen) atoms. The summed E-state index contributed by atoms with van der Waals surface area (Å²) < 4.78 is 28.4. The average molecular weight is 329 g/mol. The molecular weight excluding hydrogens is 320 g/mol. The second-order valence-corrected chi connectivity index (χ2v) is 5.88. The standard InChI is InChI=1S/C12H9F2N3O2S2/c13-10(14)6-3-7-20-12-15-11(16-21-12)8-4-1-2-5-9(8)17(18)19/h1-2,4-6H,3,7H2. The molecule has 0 radical (unpaired) electrons. The van der Waals surface area contributed by atoms with E-state index in [2.05, 4.69) is 9.36 Å². The summed E-state index contributed by atoms with van der Waals surface area (Å²) in [7, 11) is 0. The molecule has 0 aliphatic heterocycles. The molecule has 110 valence electrons. The van der Waals surface area contributed by atoms with E-state index in [0.29, 0.717) is 15.7 Å². The van der Waals surface area contributed by atoms with E-state index in [9.17, 15) is 18.9 Å². The van der Waals surface area contributed by atoms with Gasteiger partial charge in [0.2, 0.25) is 0 Å². The van der Waals surface area contributed by atoms with Gasteiger partial charge in [-0.3, -0.25) is 10.1 Å². The summed E-state index contributed by atoms with van der Waals surface area (Å²) in [5.41, 5.74) is 0.287. The van der Waals surface area contributed by atoms with Gasteiger partial charge in [-0.1, -0.05) is 23.9 Å². The number of benzene rings is 1. The van der Waals surface area contributed by atoms with Crippen LogP contribution in [0.1, 0.15) is 6.42 Å². The summed E-state index contributed by atoms with van der Waals surface area (Å²) in [6, 6.07) is 6.21. The maximum Gasteiger partial charge on any atom is 0.280 e. The second-order valence-electron chi connectivity index (χ2n) is 3.79. The van der Waals surface area contributed by atoms with Crippen molar-refractivity contribution >= 4 is 29.0 Å². The lowest BCUT2D eigenvalue weighted by Crippen LogP contribution is -1.92. The highest BCUT2D eigenvalue weighted by Crippen LogP contribution is 2.31. The maximum atomic E-state index is 11.9. The Kier molecular flexibility index (Phi) is 5.34. The number of allylic oxidation sites excluding steroid dienone is 1. The first-order valence-corrected chi connectivity index (χ1v) is 7.55. The highest BCUT2D eigenvalue weighted by molar-refractivity contribution is 8.00. The van der Waals surface area contributed by atoms with Crippen molar-refractivity contribution < 1.29 is 13.7 Å². The lowest BCUT2D eigenvalue weighted by molar-refractivity contribution is -0.384. The monoisotopic (exact) mass is 329 g/mol. The van der Waals surface area contributed by atoms with Gasteiger partial charge in [0, 0.05) is 11.8 Å². The molecule has 2 aromatic rings. The van der Waals surface area contributed by atoms with Crippen molar-refractivity contribution in [3.05, 3.63) is 46.5 Å². The van der Waals surface area contributed by atoms with E-state index in [4.69, 9.17) is 0 Å². The van der Waals surface area contributed by atoms with Gasteiger partial charge in [-0.15, -0.1) is 0 Å². The van der Waals surface area contributed by atoms with E-state index < -0.39 is 11.0 Å². The Balaban J connectivity index is 2.10. The molecule has 1 aromatic carbocycles. The third-order valence-corrected chi connectivity index (χ3v) is 4.26. The van der Waals surface area contributed by atoms with Gasteiger partial charge in [-0.05, 0) is 30.1 Å². The van der Waals surface area contributed by atoms with Crippen molar-refractivity contribution in [2.24, 2.45) is 0 Å². The predicted molar refractivity (Wildman–Crippen MR) is 77.6 cm³/mol. The molecule has 1 heterocycles. The Hall–Kier alpha value is -1.87. The zero-order valence-corrected chi connectivity index (χ0v) is 12.2. The Labute approximate surface area is 127 Å². The van der Waals surface area contributed by atoms with Crippen LogP contribution in [0.4, 0.5) is 14.5 Å². The van der Waals surface area contributed by atoms with Crippen LogP contribution in [0.2, 0.25) is 0 Å². The summed E-state index contributed by atoms with van der Waals surface area (Å²) in [6.45, 7) is 0. The van der Waals surface area contributed by atoms with Crippen LogP contribution in [0, 0.1) is 10.1 Å². The van der Waals surface area contributed by atoms with Crippen LogP contribution in [0.25, 0.3) is 11.4 Å². The number of thioether (sulfide) groups is 1.